The molecule has 2 nitrogen and oxygen atoms in total. The second-order valence-corrected chi connectivity index (χ2v) is 4.69. The molecule has 0 fully saturated rings. The van der Waals surface area contributed by atoms with E-state index in [1.165, 1.54) is 11.3 Å². The van der Waals surface area contributed by atoms with Crippen LogP contribution in [-0.4, -0.2) is 10.7 Å². The fraction of sp³-hybridized carbons (Fsp3) is 0.125. The lowest BCUT2D eigenvalue weighted by atomic mass is 10.3. The molecule has 0 amide bonds. The van der Waals surface area contributed by atoms with Gasteiger partial charge in [0.2, 0.25) is 0 Å². The van der Waals surface area contributed by atoms with Crippen LogP contribution in [0.1, 0.15) is 0 Å². The predicted octanol–water partition coefficient (Wildman–Crippen LogP) is 3.19. The summed E-state index contributed by atoms with van der Waals surface area (Å²) >= 11 is 1.83. The van der Waals surface area contributed by atoms with Crippen LogP contribution in [0, 0.1) is 0 Å². The Morgan fingerprint density at radius 2 is 2.21 bits per heavy atom. The van der Waals surface area contributed by atoms with E-state index in [1.54, 1.807) is 18.2 Å². The number of aromatic nitrogens is 1. The molecule has 74 valence electrons. The van der Waals surface area contributed by atoms with Crippen molar-refractivity contribution in [2.75, 3.05) is 5.73 Å². The highest BCUT2D eigenvalue weighted by Crippen LogP contribution is 2.31. The van der Waals surface area contributed by atoms with E-state index in [-0.39, 0.29) is 0 Å². The van der Waals surface area contributed by atoms with E-state index in [2.05, 4.69) is 4.98 Å². The topological polar surface area (TPSA) is 38.9 Å². The lowest BCUT2D eigenvalue weighted by Crippen LogP contribution is -1.81. The Morgan fingerprint density at radius 1 is 1.43 bits per heavy atom. The van der Waals surface area contributed by atoms with Crippen LogP contribution in [0.25, 0.3) is 10.2 Å². The number of hydrogen-bond acceptors (Lipinski definition) is 4. The molecule has 0 unspecified atom stereocenters. The predicted molar refractivity (Wildman–Crippen MR) is 55.9 cm³/mol. The highest BCUT2D eigenvalue weighted by molar-refractivity contribution is 7.99. The molecule has 14 heavy (non-hydrogen) atoms. The van der Waals surface area contributed by atoms with E-state index in [0.29, 0.717) is 21.8 Å². The number of rotatable bonds is 2. The van der Waals surface area contributed by atoms with Gasteiger partial charge in [0.25, 0.3) is 5.76 Å². The minimum Gasteiger partial charge on any atom is -0.375 e. The average Bonchev–Trinajstić information content (AvgIpc) is 2.42. The molecule has 0 aliphatic rings. The highest BCUT2D eigenvalue weighted by Gasteiger charge is 2.07. The number of benzene rings is 1. The van der Waals surface area contributed by atoms with Crippen molar-refractivity contribution in [2.24, 2.45) is 0 Å². The summed E-state index contributed by atoms with van der Waals surface area (Å²) in [5.74, 6) is -2.39. The fourth-order valence-corrected chi connectivity index (χ4v) is 2.49. The lowest BCUT2D eigenvalue weighted by Gasteiger charge is -1.98. The smallest absolute Gasteiger partial charge is 0.288 e. The van der Waals surface area contributed by atoms with E-state index in [0.717, 1.165) is 10.2 Å². The number of alkyl halides is 2. The van der Waals surface area contributed by atoms with Crippen LogP contribution in [0.2, 0.25) is 0 Å². The summed E-state index contributed by atoms with van der Waals surface area (Å²) in [4.78, 5) is 4.57. The van der Waals surface area contributed by atoms with Crippen LogP contribution in [0.5, 0.6) is 0 Å². The first-order valence-electron chi connectivity index (χ1n) is 3.76. The number of thiazole rings is 1. The maximum atomic E-state index is 12.1. The molecule has 2 rings (SSSR count). The van der Waals surface area contributed by atoms with Gasteiger partial charge in [0.1, 0.15) is 0 Å². The Bertz CT molecular complexity index is 456. The Kier molecular flexibility index (Phi) is 2.56. The normalized spacial score (nSPS) is 11.4. The van der Waals surface area contributed by atoms with Gasteiger partial charge in [0.15, 0.2) is 5.13 Å². The summed E-state index contributed by atoms with van der Waals surface area (Å²) in [7, 11) is 0. The quantitative estimate of drug-likeness (QED) is 0.808. The molecule has 0 aliphatic heterocycles. The van der Waals surface area contributed by atoms with Gasteiger partial charge in [0, 0.05) is 4.90 Å². The number of anilines is 1. The molecule has 1 aromatic heterocycles. The minimum atomic E-state index is -2.39. The molecule has 6 heteroatoms. The van der Waals surface area contributed by atoms with Gasteiger partial charge in [-0.2, -0.15) is 8.78 Å². The number of nitrogens with two attached hydrogens (primary N) is 1. The van der Waals surface area contributed by atoms with Crippen molar-refractivity contribution < 1.29 is 8.78 Å². The zero-order valence-corrected chi connectivity index (χ0v) is 8.54. The third kappa shape index (κ3) is 1.96. The first kappa shape index (κ1) is 9.67. The lowest BCUT2D eigenvalue weighted by molar-refractivity contribution is 0.252. The molecule has 0 spiro atoms. The molecular weight excluding hydrogens is 226 g/mol. The summed E-state index contributed by atoms with van der Waals surface area (Å²) in [6.45, 7) is 0. The van der Waals surface area contributed by atoms with E-state index in [9.17, 15) is 8.78 Å². The van der Waals surface area contributed by atoms with Gasteiger partial charge in [-0.25, -0.2) is 4.98 Å². The second-order valence-electron chi connectivity index (χ2n) is 2.56. The number of hydrogen-bond donors (Lipinski definition) is 1. The van der Waals surface area contributed by atoms with Gasteiger partial charge in [-0.3, -0.25) is 0 Å². The van der Waals surface area contributed by atoms with E-state index >= 15 is 0 Å². The van der Waals surface area contributed by atoms with Crippen molar-refractivity contribution in [3.8, 4) is 0 Å². The van der Waals surface area contributed by atoms with Gasteiger partial charge in [-0.15, -0.1) is 0 Å². The average molecular weight is 232 g/mol. The van der Waals surface area contributed by atoms with Crippen molar-refractivity contribution in [1.29, 1.82) is 0 Å². The van der Waals surface area contributed by atoms with Gasteiger partial charge in [0.05, 0.1) is 10.2 Å². The van der Waals surface area contributed by atoms with Crippen LogP contribution in [0.15, 0.2) is 23.1 Å². The zero-order chi connectivity index (χ0) is 10.1. The van der Waals surface area contributed by atoms with Crippen LogP contribution in [0.3, 0.4) is 0 Å². The van der Waals surface area contributed by atoms with Gasteiger partial charge in [-0.05, 0) is 18.2 Å². The van der Waals surface area contributed by atoms with Gasteiger partial charge in [-0.1, -0.05) is 23.1 Å². The molecule has 0 bridgehead atoms. The molecule has 0 saturated heterocycles. The summed E-state index contributed by atoms with van der Waals surface area (Å²) < 4.78 is 24.9. The number of thioether (sulfide) groups is 1. The van der Waals surface area contributed by atoms with Crippen molar-refractivity contribution in [2.45, 2.75) is 10.7 Å². The maximum Gasteiger partial charge on any atom is 0.288 e. The largest absolute Gasteiger partial charge is 0.375 e. The number of nitrogens with zero attached hydrogens (tertiary/aromatic N) is 1. The molecule has 1 aromatic carbocycles. The third-order valence-corrected chi connectivity index (χ3v) is 3.15. The summed E-state index contributed by atoms with van der Waals surface area (Å²) in [6.07, 6.45) is 0. The second kappa shape index (κ2) is 3.70. The van der Waals surface area contributed by atoms with Gasteiger partial charge >= 0.3 is 0 Å². The standard InChI is InChI=1S/C8H6F2N2S2/c9-7(10)13-4-1-2-5-6(3-4)14-8(11)12-5/h1-3,7H,(H2,11,12). The maximum absolute atomic E-state index is 12.1. The Labute approximate surface area is 87.1 Å². The molecule has 1 heterocycles. The first-order valence-corrected chi connectivity index (χ1v) is 5.45. The molecule has 2 N–H and O–H groups in total. The molecule has 2 aromatic rings. The number of halogens is 2. The van der Waals surface area contributed by atoms with Crippen molar-refractivity contribution in [3.05, 3.63) is 18.2 Å². The van der Waals surface area contributed by atoms with Crippen molar-refractivity contribution >= 4 is 38.4 Å². The summed E-state index contributed by atoms with van der Waals surface area (Å²) in [6, 6.07) is 5.01. The summed E-state index contributed by atoms with van der Waals surface area (Å²) in [5.41, 5.74) is 6.25. The first-order chi connectivity index (χ1) is 6.65. The monoisotopic (exact) mass is 232 g/mol. The van der Waals surface area contributed by atoms with Crippen LogP contribution >= 0.6 is 23.1 Å². The summed E-state index contributed by atoms with van der Waals surface area (Å²) in [5, 5.41) is 0.458. The van der Waals surface area contributed by atoms with Crippen LogP contribution in [-0.2, 0) is 0 Å². The Morgan fingerprint density at radius 3 is 2.93 bits per heavy atom. The zero-order valence-electron chi connectivity index (χ0n) is 6.91. The molecule has 0 saturated carbocycles. The Hall–Kier alpha value is -0.880. The molecule has 0 atom stereocenters. The van der Waals surface area contributed by atoms with E-state index < -0.39 is 5.76 Å². The van der Waals surface area contributed by atoms with Crippen molar-refractivity contribution in [1.82, 2.24) is 4.98 Å². The SMILES string of the molecule is Nc1nc2ccc(SC(F)F)cc2s1. The van der Waals surface area contributed by atoms with Crippen molar-refractivity contribution in [3.63, 3.8) is 0 Å². The highest BCUT2D eigenvalue weighted by atomic mass is 32.2. The van der Waals surface area contributed by atoms with E-state index in [1.807, 2.05) is 0 Å². The molecule has 0 radical (unpaired) electrons. The number of fused-ring (bicyclic) bond motifs is 1. The fourth-order valence-electron chi connectivity index (χ4n) is 1.10. The minimum absolute atomic E-state index is 0.458. The Balaban J connectivity index is 2.40. The third-order valence-electron chi connectivity index (χ3n) is 1.60. The molecule has 0 aliphatic carbocycles. The number of nitrogen functional groups attached to an aromatic ring is 1. The van der Waals surface area contributed by atoms with E-state index in [4.69, 9.17) is 5.73 Å². The van der Waals surface area contributed by atoms with Crippen LogP contribution in [0.4, 0.5) is 13.9 Å². The molecular formula is C8H6F2N2S2. The van der Waals surface area contributed by atoms with Crippen LogP contribution < -0.4 is 5.73 Å². The van der Waals surface area contributed by atoms with Gasteiger partial charge < -0.3 is 5.73 Å².